The Balaban J connectivity index is 1.83. The van der Waals surface area contributed by atoms with E-state index in [0.29, 0.717) is 5.76 Å². The standard InChI is InChI=1S/C18H22N2O5/c1-4-13-7-6-8-14(5-2)18(13)19-15(21)10-24-17(22)11-23-16-9-12(3)25-20-16/h6-9H,4-5,10-11H2,1-3H3,(H,19,21). The predicted octanol–water partition coefficient (Wildman–Crippen LogP) is 2.67. The van der Waals surface area contributed by atoms with E-state index in [2.05, 4.69) is 10.5 Å². The lowest BCUT2D eigenvalue weighted by Crippen LogP contribution is -2.24. The highest BCUT2D eigenvalue weighted by Gasteiger charge is 2.13. The van der Waals surface area contributed by atoms with Crippen molar-refractivity contribution in [2.75, 3.05) is 18.5 Å². The first-order valence-corrected chi connectivity index (χ1v) is 8.15. The van der Waals surface area contributed by atoms with Crippen LogP contribution in [0.3, 0.4) is 0 Å². The van der Waals surface area contributed by atoms with Crippen LogP contribution in [0.5, 0.6) is 5.88 Å². The average molecular weight is 346 g/mol. The number of amides is 1. The molecule has 7 nitrogen and oxygen atoms in total. The Bertz CT molecular complexity index is 717. The van der Waals surface area contributed by atoms with Crippen molar-refractivity contribution in [3.8, 4) is 5.88 Å². The molecule has 134 valence electrons. The normalized spacial score (nSPS) is 10.4. The zero-order valence-electron chi connectivity index (χ0n) is 14.6. The number of benzene rings is 1. The van der Waals surface area contributed by atoms with Gasteiger partial charge in [-0.2, -0.15) is 0 Å². The van der Waals surface area contributed by atoms with E-state index in [1.165, 1.54) is 0 Å². The molecule has 0 spiro atoms. The molecule has 0 saturated carbocycles. The van der Waals surface area contributed by atoms with Gasteiger partial charge in [-0.1, -0.05) is 32.0 Å². The molecule has 0 radical (unpaired) electrons. The van der Waals surface area contributed by atoms with Gasteiger partial charge in [0, 0.05) is 11.8 Å². The summed E-state index contributed by atoms with van der Waals surface area (Å²) in [5.41, 5.74) is 2.88. The number of carbonyl (C=O) groups is 2. The van der Waals surface area contributed by atoms with Crippen molar-refractivity contribution in [2.45, 2.75) is 33.6 Å². The van der Waals surface area contributed by atoms with Crippen LogP contribution in [0, 0.1) is 6.92 Å². The van der Waals surface area contributed by atoms with E-state index in [-0.39, 0.29) is 25.0 Å². The minimum Gasteiger partial charge on any atom is -0.463 e. The van der Waals surface area contributed by atoms with Gasteiger partial charge in [0.2, 0.25) is 0 Å². The predicted molar refractivity (Wildman–Crippen MR) is 91.5 cm³/mol. The van der Waals surface area contributed by atoms with E-state index in [9.17, 15) is 9.59 Å². The molecule has 0 bridgehead atoms. The van der Waals surface area contributed by atoms with Gasteiger partial charge >= 0.3 is 5.97 Å². The molecule has 1 heterocycles. The fourth-order valence-electron chi connectivity index (χ4n) is 2.31. The van der Waals surface area contributed by atoms with Gasteiger partial charge in [0.25, 0.3) is 11.8 Å². The lowest BCUT2D eigenvalue weighted by atomic mass is 10.0. The Kier molecular flexibility index (Phi) is 6.56. The Morgan fingerprint density at radius 2 is 1.84 bits per heavy atom. The molecule has 2 rings (SSSR count). The Labute approximate surface area is 146 Å². The van der Waals surface area contributed by atoms with Crippen LogP contribution in [0.4, 0.5) is 5.69 Å². The molecule has 0 saturated heterocycles. The lowest BCUT2D eigenvalue weighted by Gasteiger charge is -2.14. The number of aryl methyl sites for hydroxylation is 3. The molecule has 1 amide bonds. The van der Waals surface area contributed by atoms with Gasteiger partial charge in [-0.15, -0.1) is 0 Å². The third-order valence-corrected chi connectivity index (χ3v) is 3.57. The van der Waals surface area contributed by atoms with Gasteiger partial charge in [-0.05, 0) is 36.0 Å². The second-order valence-corrected chi connectivity index (χ2v) is 5.43. The lowest BCUT2D eigenvalue weighted by molar-refractivity contribution is -0.149. The molecule has 0 fully saturated rings. The van der Waals surface area contributed by atoms with Gasteiger partial charge in [0.05, 0.1) is 0 Å². The second kappa shape index (κ2) is 8.86. The number of para-hydroxylation sites is 1. The molecule has 0 atom stereocenters. The van der Waals surface area contributed by atoms with E-state index < -0.39 is 5.97 Å². The van der Waals surface area contributed by atoms with E-state index in [4.69, 9.17) is 14.0 Å². The first-order chi connectivity index (χ1) is 12.0. The summed E-state index contributed by atoms with van der Waals surface area (Å²) in [4.78, 5) is 23.7. The van der Waals surface area contributed by atoms with Crippen molar-refractivity contribution in [1.82, 2.24) is 5.16 Å². The number of nitrogens with one attached hydrogen (secondary N) is 1. The Hall–Kier alpha value is -2.83. The molecule has 0 aliphatic rings. The minimum atomic E-state index is -0.657. The SMILES string of the molecule is CCc1cccc(CC)c1NC(=O)COC(=O)COc1cc(C)on1. The Morgan fingerprint density at radius 3 is 2.40 bits per heavy atom. The van der Waals surface area contributed by atoms with Crippen LogP contribution in [0.1, 0.15) is 30.7 Å². The van der Waals surface area contributed by atoms with Crippen LogP contribution in [0.15, 0.2) is 28.8 Å². The first kappa shape index (κ1) is 18.5. The summed E-state index contributed by atoms with van der Waals surface area (Å²) in [6.45, 7) is 5.04. The number of carbonyl (C=O) groups excluding carboxylic acids is 2. The molecular weight excluding hydrogens is 324 g/mol. The maximum atomic E-state index is 12.1. The first-order valence-electron chi connectivity index (χ1n) is 8.15. The van der Waals surface area contributed by atoms with Crippen LogP contribution >= 0.6 is 0 Å². The minimum absolute atomic E-state index is 0.198. The number of hydrogen-bond donors (Lipinski definition) is 1. The van der Waals surface area contributed by atoms with Gasteiger partial charge in [0.15, 0.2) is 13.2 Å². The summed E-state index contributed by atoms with van der Waals surface area (Å²) >= 11 is 0. The number of nitrogens with zero attached hydrogens (tertiary/aromatic N) is 1. The third kappa shape index (κ3) is 5.34. The molecule has 25 heavy (non-hydrogen) atoms. The van der Waals surface area contributed by atoms with Crippen LogP contribution in [0.2, 0.25) is 0 Å². The third-order valence-electron chi connectivity index (χ3n) is 3.57. The summed E-state index contributed by atoms with van der Waals surface area (Å²) in [6, 6.07) is 7.45. The molecule has 1 N–H and O–H groups in total. The summed E-state index contributed by atoms with van der Waals surface area (Å²) in [7, 11) is 0. The molecular formula is C18H22N2O5. The number of esters is 1. The van der Waals surface area contributed by atoms with E-state index in [1.54, 1.807) is 13.0 Å². The fraction of sp³-hybridized carbons (Fsp3) is 0.389. The maximum Gasteiger partial charge on any atom is 0.344 e. The van der Waals surface area contributed by atoms with Crippen LogP contribution in [0.25, 0.3) is 0 Å². The van der Waals surface area contributed by atoms with Crippen molar-refractivity contribution in [3.63, 3.8) is 0 Å². The number of rotatable bonds is 8. The maximum absolute atomic E-state index is 12.1. The molecule has 1 aromatic carbocycles. The highest BCUT2D eigenvalue weighted by atomic mass is 16.6. The highest BCUT2D eigenvalue weighted by Crippen LogP contribution is 2.22. The van der Waals surface area contributed by atoms with Crippen molar-refractivity contribution in [2.24, 2.45) is 0 Å². The van der Waals surface area contributed by atoms with Crippen molar-refractivity contribution >= 4 is 17.6 Å². The van der Waals surface area contributed by atoms with Gasteiger partial charge in [-0.25, -0.2) is 4.79 Å². The van der Waals surface area contributed by atoms with Crippen LogP contribution < -0.4 is 10.1 Å². The van der Waals surface area contributed by atoms with Gasteiger partial charge in [0.1, 0.15) is 5.76 Å². The molecule has 0 aliphatic carbocycles. The molecule has 0 unspecified atom stereocenters. The number of anilines is 1. The quantitative estimate of drug-likeness (QED) is 0.739. The molecule has 2 aromatic rings. The zero-order chi connectivity index (χ0) is 18.2. The molecule has 1 aromatic heterocycles. The number of ether oxygens (including phenoxy) is 2. The summed E-state index contributed by atoms with van der Waals surface area (Å²) in [6.07, 6.45) is 1.60. The van der Waals surface area contributed by atoms with Gasteiger partial charge in [-0.3, -0.25) is 4.79 Å². The van der Waals surface area contributed by atoms with Crippen molar-refractivity contribution < 1.29 is 23.6 Å². The monoisotopic (exact) mass is 346 g/mol. The smallest absolute Gasteiger partial charge is 0.344 e. The average Bonchev–Trinajstić information content (AvgIpc) is 3.03. The largest absolute Gasteiger partial charge is 0.463 e. The zero-order valence-corrected chi connectivity index (χ0v) is 14.6. The van der Waals surface area contributed by atoms with E-state index >= 15 is 0 Å². The summed E-state index contributed by atoms with van der Waals surface area (Å²) in [5, 5.41) is 6.42. The van der Waals surface area contributed by atoms with Crippen molar-refractivity contribution in [1.29, 1.82) is 0 Å². The van der Waals surface area contributed by atoms with E-state index in [1.807, 2.05) is 32.0 Å². The molecule has 7 heteroatoms. The number of hydrogen-bond acceptors (Lipinski definition) is 6. The Morgan fingerprint density at radius 1 is 1.16 bits per heavy atom. The van der Waals surface area contributed by atoms with Crippen molar-refractivity contribution in [3.05, 3.63) is 41.2 Å². The summed E-state index contributed by atoms with van der Waals surface area (Å²) < 4.78 is 14.8. The van der Waals surface area contributed by atoms with Gasteiger partial charge < -0.3 is 19.3 Å². The van der Waals surface area contributed by atoms with E-state index in [0.717, 1.165) is 29.7 Å². The summed E-state index contributed by atoms with van der Waals surface area (Å²) in [5.74, 6) is -0.274. The van der Waals surface area contributed by atoms with Crippen LogP contribution in [-0.2, 0) is 27.2 Å². The number of aromatic nitrogens is 1. The van der Waals surface area contributed by atoms with Crippen LogP contribution in [-0.4, -0.2) is 30.2 Å². The molecule has 0 aliphatic heterocycles. The second-order valence-electron chi connectivity index (χ2n) is 5.43. The fourth-order valence-corrected chi connectivity index (χ4v) is 2.31. The highest BCUT2D eigenvalue weighted by molar-refractivity contribution is 5.94. The topological polar surface area (TPSA) is 90.7 Å².